The maximum absolute atomic E-state index is 11.6. The molecule has 0 aliphatic carbocycles. The highest BCUT2D eigenvalue weighted by atomic mass is 35.5. The van der Waals surface area contributed by atoms with Crippen LogP contribution in [0.3, 0.4) is 0 Å². The van der Waals surface area contributed by atoms with Crippen molar-refractivity contribution in [2.45, 2.75) is 4.90 Å². The van der Waals surface area contributed by atoms with Gasteiger partial charge >= 0.3 is 10.1 Å². The van der Waals surface area contributed by atoms with E-state index in [4.69, 9.17) is 23.2 Å². The smallest absolute Gasteiger partial charge is 0.302 e. The van der Waals surface area contributed by atoms with E-state index in [2.05, 4.69) is 15.4 Å². The number of nitrogens with zero attached hydrogens (tertiary/aromatic N) is 3. The summed E-state index contributed by atoms with van der Waals surface area (Å²) in [6.45, 7) is 0. The number of aromatic nitrogens is 3. The molecule has 0 fully saturated rings. The van der Waals surface area contributed by atoms with Crippen molar-refractivity contribution in [2.75, 3.05) is 5.32 Å². The van der Waals surface area contributed by atoms with Crippen LogP contribution in [0.5, 0.6) is 0 Å². The Morgan fingerprint density at radius 3 is 2.68 bits per heavy atom. The van der Waals surface area contributed by atoms with Crippen molar-refractivity contribution in [3.63, 3.8) is 0 Å². The topological polar surface area (TPSA) is 96.6 Å². The normalized spacial score (nSPS) is 11.8. The summed E-state index contributed by atoms with van der Waals surface area (Å²) in [5.74, 6) is -0.0698. The van der Waals surface area contributed by atoms with E-state index in [0.29, 0.717) is 15.7 Å². The highest BCUT2D eigenvalue weighted by Crippen LogP contribution is 2.30. The van der Waals surface area contributed by atoms with Gasteiger partial charge in [0.1, 0.15) is 0 Å². The van der Waals surface area contributed by atoms with Gasteiger partial charge in [-0.2, -0.15) is 8.42 Å². The second-order valence-corrected chi connectivity index (χ2v) is 6.47. The van der Waals surface area contributed by atoms with Crippen molar-refractivity contribution in [3.05, 3.63) is 46.7 Å². The van der Waals surface area contributed by atoms with E-state index in [0.717, 1.165) is 0 Å². The van der Waals surface area contributed by atoms with Crippen LogP contribution in [0.1, 0.15) is 0 Å². The molecule has 0 radical (unpaired) electrons. The third-order valence-electron chi connectivity index (χ3n) is 2.79. The molecule has 10 heteroatoms. The molecule has 0 bridgehead atoms. The zero-order chi connectivity index (χ0) is 15.9. The van der Waals surface area contributed by atoms with Gasteiger partial charge in [-0.3, -0.25) is 4.55 Å². The van der Waals surface area contributed by atoms with Crippen LogP contribution in [0.2, 0.25) is 10.0 Å². The number of nitrogens with one attached hydrogen (secondary N) is 1. The minimum absolute atomic E-state index is 0.00700. The average molecular weight is 359 g/mol. The third kappa shape index (κ3) is 2.73. The van der Waals surface area contributed by atoms with Crippen LogP contribution in [0.25, 0.3) is 5.65 Å². The Kier molecular flexibility index (Phi) is 3.69. The van der Waals surface area contributed by atoms with Crippen molar-refractivity contribution in [3.8, 4) is 0 Å². The van der Waals surface area contributed by atoms with E-state index < -0.39 is 15.0 Å². The van der Waals surface area contributed by atoms with Crippen LogP contribution in [-0.2, 0) is 10.1 Å². The maximum atomic E-state index is 11.6. The fourth-order valence-electron chi connectivity index (χ4n) is 1.90. The number of anilines is 2. The first-order valence-electron chi connectivity index (χ1n) is 5.89. The summed E-state index contributed by atoms with van der Waals surface area (Å²) < 4.78 is 33.9. The fraction of sp³-hybridized carbons (Fsp3) is 0. The Hall–Kier alpha value is -1.87. The summed E-state index contributed by atoms with van der Waals surface area (Å²) in [6.07, 6.45) is 2.91. The van der Waals surface area contributed by atoms with Crippen molar-refractivity contribution < 1.29 is 13.0 Å². The van der Waals surface area contributed by atoms with Crippen molar-refractivity contribution in [1.29, 1.82) is 0 Å². The molecule has 2 N–H and O–H groups in total. The van der Waals surface area contributed by atoms with Gasteiger partial charge in [-0.15, -0.1) is 5.10 Å². The minimum atomic E-state index is -4.52. The second kappa shape index (κ2) is 5.40. The van der Waals surface area contributed by atoms with Crippen LogP contribution in [-0.4, -0.2) is 27.6 Å². The summed E-state index contributed by atoms with van der Waals surface area (Å²) in [5.41, 5.74) is 0.468. The van der Waals surface area contributed by atoms with Crippen LogP contribution >= 0.6 is 23.2 Å². The molecule has 0 saturated carbocycles. The molecule has 2 aromatic heterocycles. The summed E-state index contributed by atoms with van der Waals surface area (Å²) in [6, 6.07) is 6.23. The SMILES string of the molecule is O=S(=O)(O)c1c(Nc2ccc(Cl)c(Cl)c2)nn2cccnc12. The lowest BCUT2D eigenvalue weighted by Gasteiger charge is -2.05. The number of rotatable bonds is 3. The summed E-state index contributed by atoms with van der Waals surface area (Å²) in [7, 11) is -4.52. The maximum Gasteiger partial charge on any atom is 0.302 e. The molecule has 3 rings (SSSR count). The molecule has 0 amide bonds. The van der Waals surface area contributed by atoms with Gasteiger partial charge in [-0.25, -0.2) is 9.50 Å². The fourth-order valence-corrected chi connectivity index (χ4v) is 2.91. The lowest BCUT2D eigenvalue weighted by atomic mass is 10.3. The Morgan fingerprint density at radius 1 is 1.23 bits per heavy atom. The van der Waals surface area contributed by atoms with Gasteiger partial charge in [0.25, 0.3) is 0 Å². The van der Waals surface area contributed by atoms with E-state index in [1.54, 1.807) is 18.2 Å². The highest BCUT2D eigenvalue weighted by Gasteiger charge is 2.25. The highest BCUT2D eigenvalue weighted by molar-refractivity contribution is 7.86. The summed E-state index contributed by atoms with van der Waals surface area (Å²) >= 11 is 11.7. The van der Waals surface area contributed by atoms with Crippen LogP contribution in [0.4, 0.5) is 11.5 Å². The third-order valence-corrected chi connectivity index (χ3v) is 4.42. The van der Waals surface area contributed by atoms with Gasteiger partial charge in [0, 0.05) is 18.1 Å². The van der Waals surface area contributed by atoms with E-state index in [1.165, 1.54) is 23.0 Å². The second-order valence-electron chi connectivity index (χ2n) is 4.29. The molecule has 0 aliphatic heterocycles. The molecule has 0 unspecified atom stereocenters. The Labute approximate surface area is 135 Å². The predicted molar refractivity (Wildman–Crippen MR) is 82.5 cm³/mol. The Morgan fingerprint density at radius 2 is 2.00 bits per heavy atom. The Bertz CT molecular complexity index is 972. The first kappa shape index (κ1) is 15.0. The molecule has 0 atom stereocenters. The molecule has 0 spiro atoms. The van der Waals surface area contributed by atoms with Crippen LogP contribution in [0.15, 0.2) is 41.6 Å². The lowest BCUT2D eigenvalue weighted by Crippen LogP contribution is -2.02. The number of fused-ring (bicyclic) bond motifs is 1. The van der Waals surface area contributed by atoms with Crippen molar-refractivity contribution in [2.24, 2.45) is 0 Å². The van der Waals surface area contributed by atoms with Crippen LogP contribution in [0, 0.1) is 0 Å². The van der Waals surface area contributed by atoms with E-state index in [9.17, 15) is 13.0 Å². The van der Waals surface area contributed by atoms with Gasteiger partial charge in [0.15, 0.2) is 16.4 Å². The lowest BCUT2D eigenvalue weighted by molar-refractivity contribution is 0.484. The zero-order valence-electron chi connectivity index (χ0n) is 10.7. The van der Waals surface area contributed by atoms with Gasteiger partial charge in [-0.05, 0) is 24.3 Å². The van der Waals surface area contributed by atoms with Gasteiger partial charge in [0.05, 0.1) is 10.0 Å². The molecule has 114 valence electrons. The first-order chi connectivity index (χ1) is 10.4. The number of hydrogen-bond acceptors (Lipinski definition) is 5. The Balaban J connectivity index is 2.16. The number of hydrogen-bond donors (Lipinski definition) is 2. The van der Waals surface area contributed by atoms with E-state index in [-0.39, 0.29) is 11.5 Å². The molecular formula is C12H8Cl2N4O3S. The monoisotopic (exact) mass is 358 g/mol. The molecule has 3 aromatic rings. The quantitative estimate of drug-likeness (QED) is 0.698. The largest absolute Gasteiger partial charge is 0.337 e. The standard InChI is InChI=1S/C12H8Cl2N4O3S/c13-8-3-2-7(6-9(8)14)16-11-10(22(19,20)21)12-15-4-1-5-18(12)17-11/h1-6H,(H,16,17)(H,19,20,21). The predicted octanol–water partition coefficient (Wildman–Crippen LogP) is 3.03. The zero-order valence-corrected chi connectivity index (χ0v) is 13.1. The van der Waals surface area contributed by atoms with E-state index in [1.807, 2.05) is 0 Å². The first-order valence-corrected chi connectivity index (χ1v) is 8.09. The van der Waals surface area contributed by atoms with E-state index >= 15 is 0 Å². The average Bonchev–Trinajstić information content (AvgIpc) is 2.80. The molecule has 1 aromatic carbocycles. The number of halogens is 2. The van der Waals surface area contributed by atoms with Gasteiger partial charge < -0.3 is 5.32 Å². The minimum Gasteiger partial charge on any atom is -0.337 e. The summed E-state index contributed by atoms with van der Waals surface area (Å²) in [5, 5.41) is 7.49. The number of benzene rings is 1. The molecule has 7 nitrogen and oxygen atoms in total. The molecule has 0 saturated heterocycles. The van der Waals surface area contributed by atoms with Gasteiger partial charge in [0.2, 0.25) is 0 Å². The molecule has 0 aliphatic rings. The van der Waals surface area contributed by atoms with Crippen molar-refractivity contribution in [1.82, 2.24) is 14.6 Å². The summed E-state index contributed by atoms with van der Waals surface area (Å²) in [4.78, 5) is 3.50. The molecule has 22 heavy (non-hydrogen) atoms. The van der Waals surface area contributed by atoms with Crippen molar-refractivity contribution >= 4 is 50.5 Å². The van der Waals surface area contributed by atoms with Crippen LogP contribution < -0.4 is 5.32 Å². The molecule has 2 heterocycles. The molecular weight excluding hydrogens is 351 g/mol. The van der Waals surface area contributed by atoms with Gasteiger partial charge in [-0.1, -0.05) is 23.2 Å².